The Morgan fingerprint density at radius 3 is 2.76 bits per heavy atom. The van der Waals surface area contributed by atoms with Gasteiger partial charge in [0.15, 0.2) is 0 Å². The van der Waals surface area contributed by atoms with Crippen LogP contribution in [0.2, 0.25) is 0 Å². The van der Waals surface area contributed by atoms with E-state index in [1.165, 1.54) is 47.5 Å². The van der Waals surface area contributed by atoms with E-state index < -0.39 is 0 Å². The molecule has 110 valence electrons. The predicted octanol–water partition coefficient (Wildman–Crippen LogP) is 4.17. The summed E-state index contributed by atoms with van der Waals surface area (Å²) in [4.78, 5) is 2.51. The molecule has 1 heterocycles. The molecule has 0 amide bonds. The Kier molecular flexibility index (Phi) is 4.14. The first-order valence-corrected chi connectivity index (χ1v) is 7.88. The summed E-state index contributed by atoms with van der Waals surface area (Å²) in [5.41, 5.74) is 6.85. The van der Waals surface area contributed by atoms with Crippen molar-refractivity contribution in [1.29, 1.82) is 0 Å². The van der Waals surface area contributed by atoms with Crippen molar-refractivity contribution < 1.29 is 0 Å². The fraction of sp³-hybridized carbons (Fsp3) is 0.368. The molecular weight excluding hydrogens is 256 g/mol. The fourth-order valence-corrected chi connectivity index (χ4v) is 3.03. The van der Waals surface area contributed by atoms with Crippen LogP contribution in [0.3, 0.4) is 0 Å². The molecule has 0 fully saturated rings. The molecule has 3 rings (SSSR count). The zero-order valence-electron chi connectivity index (χ0n) is 13.0. The average molecular weight is 280 g/mol. The average Bonchev–Trinajstić information content (AvgIpc) is 2.51. The summed E-state index contributed by atoms with van der Waals surface area (Å²) >= 11 is 0. The van der Waals surface area contributed by atoms with Gasteiger partial charge in [-0.05, 0) is 61.6 Å². The minimum absolute atomic E-state index is 0.983. The minimum atomic E-state index is 0.983. The van der Waals surface area contributed by atoms with Gasteiger partial charge in [-0.2, -0.15) is 0 Å². The lowest BCUT2D eigenvalue weighted by atomic mass is 10.0. The molecule has 0 atom stereocenters. The third-order valence-electron chi connectivity index (χ3n) is 4.42. The van der Waals surface area contributed by atoms with E-state index in [-0.39, 0.29) is 0 Å². The Morgan fingerprint density at radius 2 is 1.90 bits per heavy atom. The summed E-state index contributed by atoms with van der Waals surface area (Å²) in [6.07, 6.45) is 2.48. The van der Waals surface area contributed by atoms with E-state index in [9.17, 15) is 0 Å². The molecule has 21 heavy (non-hydrogen) atoms. The maximum absolute atomic E-state index is 3.55. The first kappa shape index (κ1) is 14.0. The molecule has 1 aliphatic rings. The molecule has 1 N–H and O–H groups in total. The van der Waals surface area contributed by atoms with Gasteiger partial charge in [0.1, 0.15) is 0 Å². The van der Waals surface area contributed by atoms with Crippen LogP contribution in [0.4, 0.5) is 11.4 Å². The van der Waals surface area contributed by atoms with Gasteiger partial charge in [-0.1, -0.05) is 24.3 Å². The van der Waals surface area contributed by atoms with Gasteiger partial charge in [0.2, 0.25) is 0 Å². The first-order chi connectivity index (χ1) is 10.2. The molecule has 2 aromatic carbocycles. The minimum Gasteiger partial charge on any atom is -0.383 e. The largest absolute Gasteiger partial charge is 0.383 e. The molecule has 0 saturated carbocycles. The third kappa shape index (κ3) is 3.21. The normalized spacial score (nSPS) is 13.9. The van der Waals surface area contributed by atoms with Gasteiger partial charge in [-0.15, -0.1) is 0 Å². The van der Waals surface area contributed by atoms with Gasteiger partial charge in [0, 0.05) is 31.0 Å². The molecule has 0 bridgehead atoms. The molecule has 0 saturated heterocycles. The first-order valence-electron chi connectivity index (χ1n) is 7.88. The molecule has 0 aromatic heterocycles. The highest BCUT2D eigenvalue weighted by molar-refractivity contribution is 5.56. The highest BCUT2D eigenvalue weighted by Crippen LogP contribution is 2.26. The Hall–Kier alpha value is -1.96. The Morgan fingerprint density at radius 1 is 1.05 bits per heavy atom. The predicted molar refractivity (Wildman–Crippen MR) is 91.4 cm³/mol. The lowest BCUT2D eigenvalue weighted by Gasteiger charge is -2.31. The molecule has 2 heteroatoms. The summed E-state index contributed by atoms with van der Waals surface area (Å²) in [6, 6.07) is 15.4. The number of nitrogens with one attached hydrogen (secondary N) is 1. The molecule has 2 nitrogen and oxygen atoms in total. The van der Waals surface area contributed by atoms with Crippen molar-refractivity contribution in [2.75, 3.05) is 29.9 Å². The van der Waals surface area contributed by atoms with Crippen LogP contribution >= 0.6 is 0 Å². The van der Waals surface area contributed by atoms with Crippen molar-refractivity contribution in [3.05, 3.63) is 59.2 Å². The van der Waals surface area contributed by atoms with Gasteiger partial charge in [0.25, 0.3) is 0 Å². The van der Waals surface area contributed by atoms with Crippen LogP contribution < -0.4 is 10.2 Å². The van der Waals surface area contributed by atoms with Crippen molar-refractivity contribution in [3.63, 3.8) is 0 Å². The Bertz CT molecular complexity index is 619. The van der Waals surface area contributed by atoms with Crippen molar-refractivity contribution in [3.8, 4) is 0 Å². The third-order valence-corrected chi connectivity index (χ3v) is 4.42. The maximum atomic E-state index is 3.55. The number of nitrogens with zero attached hydrogens (tertiary/aromatic N) is 1. The highest BCUT2D eigenvalue weighted by atomic mass is 15.1. The number of anilines is 2. The van der Waals surface area contributed by atoms with Crippen molar-refractivity contribution in [1.82, 2.24) is 0 Å². The maximum Gasteiger partial charge on any atom is 0.0399 e. The topological polar surface area (TPSA) is 15.3 Å². The van der Waals surface area contributed by atoms with Crippen LogP contribution in [0, 0.1) is 13.8 Å². The lowest BCUT2D eigenvalue weighted by Crippen LogP contribution is -2.33. The summed E-state index contributed by atoms with van der Waals surface area (Å²) in [5, 5.41) is 3.55. The van der Waals surface area contributed by atoms with Gasteiger partial charge in [0.05, 0.1) is 0 Å². The molecule has 0 radical (unpaired) electrons. The van der Waals surface area contributed by atoms with E-state index in [2.05, 4.69) is 66.5 Å². The zero-order chi connectivity index (χ0) is 14.7. The smallest absolute Gasteiger partial charge is 0.0399 e. The van der Waals surface area contributed by atoms with E-state index in [0.717, 1.165) is 13.1 Å². The summed E-state index contributed by atoms with van der Waals surface area (Å²) in [5.74, 6) is 0. The summed E-state index contributed by atoms with van der Waals surface area (Å²) in [7, 11) is 0. The molecule has 0 aliphatic carbocycles. The van der Waals surface area contributed by atoms with E-state index in [0.29, 0.717) is 0 Å². The summed E-state index contributed by atoms with van der Waals surface area (Å²) < 4.78 is 0. The van der Waals surface area contributed by atoms with Crippen LogP contribution in [0.1, 0.15) is 23.1 Å². The van der Waals surface area contributed by atoms with Crippen LogP contribution in [0.15, 0.2) is 42.5 Å². The quantitative estimate of drug-likeness (QED) is 0.904. The van der Waals surface area contributed by atoms with Crippen molar-refractivity contribution in [2.45, 2.75) is 26.7 Å². The lowest BCUT2D eigenvalue weighted by molar-refractivity contribution is 0.698. The van der Waals surface area contributed by atoms with Gasteiger partial charge in [-0.3, -0.25) is 0 Å². The van der Waals surface area contributed by atoms with E-state index >= 15 is 0 Å². The van der Waals surface area contributed by atoms with E-state index in [1.807, 2.05) is 0 Å². The molecular formula is C19H24N2. The summed E-state index contributed by atoms with van der Waals surface area (Å²) in [6.45, 7) is 7.54. The second-order valence-corrected chi connectivity index (χ2v) is 5.95. The monoisotopic (exact) mass is 280 g/mol. The number of fused-ring (bicyclic) bond motifs is 1. The van der Waals surface area contributed by atoms with Crippen LogP contribution in [0.5, 0.6) is 0 Å². The van der Waals surface area contributed by atoms with Crippen molar-refractivity contribution in [2.24, 2.45) is 0 Å². The Labute approximate surface area is 127 Å². The molecule has 0 unspecified atom stereocenters. The number of hydrogen-bond donors (Lipinski definition) is 1. The van der Waals surface area contributed by atoms with Crippen LogP contribution in [0.25, 0.3) is 0 Å². The van der Waals surface area contributed by atoms with E-state index in [1.54, 1.807) is 0 Å². The SMILES string of the molecule is Cc1ccc(NCCN2CCCc3ccccc32)cc1C. The second kappa shape index (κ2) is 6.21. The standard InChI is InChI=1S/C19H24N2/c1-15-9-10-18(14-16(15)2)20-11-13-21-12-5-7-17-6-3-4-8-19(17)21/h3-4,6,8-10,14,20H,5,7,11-13H2,1-2H3. The van der Waals surface area contributed by atoms with Crippen LogP contribution in [-0.2, 0) is 6.42 Å². The van der Waals surface area contributed by atoms with Crippen LogP contribution in [-0.4, -0.2) is 19.6 Å². The van der Waals surface area contributed by atoms with Gasteiger partial charge < -0.3 is 10.2 Å². The number of rotatable bonds is 4. The van der Waals surface area contributed by atoms with Crippen molar-refractivity contribution >= 4 is 11.4 Å². The highest BCUT2D eigenvalue weighted by Gasteiger charge is 2.15. The molecule has 2 aromatic rings. The molecule has 0 spiro atoms. The van der Waals surface area contributed by atoms with Gasteiger partial charge >= 0.3 is 0 Å². The molecule has 1 aliphatic heterocycles. The number of para-hydroxylation sites is 1. The van der Waals surface area contributed by atoms with E-state index in [4.69, 9.17) is 0 Å². The Balaban J connectivity index is 1.60. The second-order valence-electron chi connectivity index (χ2n) is 5.95. The van der Waals surface area contributed by atoms with Gasteiger partial charge in [-0.25, -0.2) is 0 Å². The fourth-order valence-electron chi connectivity index (χ4n) is 3.03. The number of hydrogen-bond acceptors (Lipinski definition) is 2. The number of aryl methyl sites for hydroxylation is 3. The number of benzene rings is 2. The zero-order valence-corrected chi connectivity index (χ0v) is 13.0.